The Hall–Kier alpha value is -1.57. The van der Waals surface area contributed by atoms with Gasteiger partial charge in [-0.25, -0.2) is 0 Å². The van der Waals surface area contributed by atoms with Crippen LogP contribution in [0.3, 0.4) is 0 Å². The lowest BCUT2D eigenvalue weighted by atomic mass is 10.2. The highest BCUT2D eigenvalue weighted by Gasteiger charge is 2.15. The first-order valence-corrected chi connectivity index (χ1v) is 5.39. The highest BCUT2D eigenvalue weighted by atomic mass is 35.5. The van der Waals surface area contributed by atoms with Crippen LogP contribution in [0.25, 0.3) is 0 Å². The number of halogens is 1. The minimum absolute atomic E-state index is 0. The first-order valence-electron chi connectivity index (χ1n) is 5.39. The molecule has 1 saturated heterocycles. The van der Waals surface area contributed by atoms with E-state index in [9.17, 15) is 0 Å². The molecular formula is C12H15ClN4. The predicted molar refractivity (Wildman–Crippen MR) is 70.3 cm³/mol. The molecule has 1 aliphatic rings. The second kappa shape index (κ2) is 6.89. The molecule has 5 heteroatoms. The summed E-state index contributed by atoms with van der Waals surface area (Å²) in [6, 6.07) is 9.86. The second-order valence-corrected chi connectivity index (χ2v) is 3.64. The molecule has 1 fully saturated rings. The van der Waals surface area contributed by atoms with Crippen molar-refractivity contribution < 1.29 is 0 Å². The summed E-state index contributed by atoms with van der Waals surface area (Å²) in [6.45, 7) is 3.68. The molecule has 1 heterocycles. The van der Waals surface area contributed by atoms with E-state index in [1.807, 2.05) is 36.5 Å². The van der Waals surface area contributed by atoms with Crippen molar-refractivity contribution in [2.75, 3.05) is 26.2 Å². The van der Waals surface area contributed by atoms with Gasteiger partial charge in [-0.2, -0.15) is 10.3 Å². The fourth-order valence-electron chi connectivity index (χ4n) is 1.83. The Kier molecular flexibility index (Phi) is 5.47. The van der Waals surface area contributed by atoms with Gasteiger partial charge in [-0.15, -0.1) is 12.4 Å². The number of nitriles is 1. The van der Waals surface area contributed by atoms with Crippen molar-refractivity contribution in [1.29, 1.82) is 5.26 Å². The molecule has 4 nitrogen and oxygen atoms in total. The van der Waals surface area contributed by atoms with Gasteiger partial charge in [0.15, 0.2) is 0 Å². The van der Waals surface area contributed by atoms with Crippen LogP contribution in [-0.4, -0.2) is 36.9 Å². The third kappa shape index (κ3) is 3.45. The van der Waals surface area contributed by atoms with Crippen LogP contribution < -0.4 is 5.32 Å². The fourth-order valence-corrected chi connectivity index (χ4v) is 1.83. The maximum absolute atomic E-state index is 8.75. The lowest BCUT2D eigenvalue weighted by Gasteiger charge is -2.29. The van der Waals surface area contributed by atoms with Crippen molar-refractivity contribution in [3.63, 3.8) is 0 Å². The Morgan fingerprint density at radius 2 is 1.88 bits per heavy atom. The minimum Gasteiger partial charge on any atom is -0.353 e. The van der Waals surface area contributed by atoms with Gasteiger partial charge in [0.2, 0.25) is 6.19 Å². The number of amidine groups is 1. The Bertz CT molecular complexity index is 404. The van der Waals surface area contributed by atoms with Crippen LogP contribution in [0, 0.1) is 11.5 Å². The Morgan fingerprint density at radius 3 is 2.47 bits per heavy atom. The van der Waals surface area contributed by atoms with Gasteiger partial charge >= 0.3 is 0 Å². The zero-order chi connectivity index (χ0) is 11.2. The maximum atomic E-state index is 8.75. The van der Waals surface area contributed by atoms with Crippen LogP contribution in [0.1, 0.15) is 5.56 Å². The molecule has 1 N–H and O–H groups in total. The van der Waals surface area contributed by atoms with Crippen molar-refractivity contribution in [3.05, 3.63) is 35.9 Å². The SMILES string of the molecule is Cl.N#CN=C(c1ccccc1)N1CCNCC1. The molecule has 0 aromatic heterocycles. The first-order chi connectivity index (χ1) is 7.92. The van der Waals surface area contributed by atoms with Gasteiger partial charge in [-0.1, -0.05) is 30.3 Å². The van der Waals surface area contributed by atoms with Crippen molar-refractivity contribution in [1.82, 2.24) is 10.2 Å². The summed E-state index contributed by atoms with van der Waals surface area (Å²) in [5, 5.41) is 12.0. The summed E-state index contributed by atoms with van der Waals surface area (Å²) < 4.78 is 0. The standard InChI is InChI=1S/C12H14N4.ClH/c13-10-15-12(11-4-2-1-3-5-11)16-8-6-14-7-9-16;/h1-5,14H,6-9H2;1H. The van der Waals surface area contributed by atoms with Crippen LogP contribution in [0.5, 0.6) is 0 Å². The van der Waals surface area contributed by atoms with Gasteiger partial charge in [0.05, 0.1) is 0 Å². The molecule has 0 aliphatic carbocycles. The molecule has 0 atom stereocenters. The number of benzene rings is 1. The van der Waals surface area contributed by atoms with E-state index in [1.165, 1.54) is 0 Å². The number of nitrogens with one attached hydrogen (secondary N) is 1. The molecule has 90 valence electrons. The third-order valence-electron chi connectivity index (χ3n) is 2.60. The number of piperazine rings is 1. The van der Waals surface area contributed by atoms with E-state index in [0.29, 0.717) is 0 Å². The zero-order valence-electron chi connectivity index (χ0n) is 9.47. The number of hydrogen-bond donors (Lipinski definition) is 1. The molecular weight excluding hydrogens is 236 g/mol. The van der Waals surface area contributed by atoms with Crippen molar-refractivity contribution in [3.8, 4) is 6.19 Å². The zero-order valence-corrected chi connectivity index (χ0v) is 10.3. The highest BCUT2D eigenvalue weighted by Crippen LogP contribution is 2.07. The molecule has 2 rings (SSSR count). The van der Waals surface area contributed by atoms with Crippen LogP contribution in [-0.2, 0) is 0 Å². The van der Waals surface area contributed by atoms with E-state index >= 15 is 0 Å². The largest absolute Gasteiger partial charge is 0.353 e. The van der Waals surface area contributed by atoms with Gasteiger partial charge in [-0.3, -0.25) is 0 Å². The Labute approximate surface area is 107 Å². The van der Waals surface area contributed by atoms with E-state index in [2.05, 4.69) is 15.2 Å². The Balaban J connectivity index is 0.00000144. The molecule has 1 aromatic rings. The number of nitrogens with zero attached hydrogens (tertiary/aromatic N) is 3. The third-order valence-corrected chi connectivity index (χ3v) is 2.60. The Morgan fingerprint density at radius 1 is 1.24 bits per heavy atom. The summed E-state index contributed by atoms with van der Waals surface area (Å²) in [4.78, 5) is 6.09. The molecule has 0 amide bonds. The summed E-state index contributed by atoms with van der Waals surface area (Å²) in [5.74, 6) is 0.782. The molecule has 0 saturated carbocycles. The van der Waals surface area contributed by atoms with Crippen molar-refractivity contribution in [2.24, 2.45) is 4.99 Å². The number of hydrogen-bond acceptors (Lipinski definition) is 3. The average molecular weight is 251 g/mol. The minimum atomic E-state index is 0. The molecule has 0 bridgehead atoms. The van der Waals surface area contributed by atoms with Gasteiger partial charge < -0.3 is 10.2 Å². The highest BCUT2D eigenvalue weighted by molar-refractivity contribution is 5.99. The molecule has 0 spiro atoms. The average Bonchev–Trinajstić information content (AvgIpc) is 2.38. The van der Waals surface area contributed by atoms with E-state index < -0.39 is 0 Å². The van der Waals surface area contributed by atoms with E-state index in [0.717, 1.165) is 37.6 Å². The summed E-state index contributed by atoms with van der Waals surface area (Å²) >= 11 is 0. The van der Waals surface area contributed by atoms with Crippen LogP contribution >= 0.6 is 12.4 Å². The normalized spacial score (nSPS) is 15.9. The number of aliphatic imine (C=N–C) groups is 1. The molecule has 1 aliphatic heterocycles. The van der Waals surface area contributed by atoms with Gasteiger partial charge in [-0.05, 0) is 0 Å². The van der Waals surface area contributed by atoms with E-state index in [4.69, 9.17) is 5.26 Å². The predicted octanol–water partition coefficient (Wildman–Crippen LogP) is 1.24. The number of rotatable bonds is 1. The lowest BCUT2D eigenvalue weighted by molar-refractivity contribution is 0.358. The van der Waals surface area contributed by atoms with Crippen LogP contribution in [0.2, 0.25) is 0 Å². The van der Waals surface area contributed by atoms with E-state index in [-0.39, 0.29) is 12.4 Å². The molecule has 17 heavy (non-hydrogen) atoms. The van der Waals surface area contributed by atoms with Gasteiger partial charge in [0, 0.05) is 31.7 Å². The van der Waals surface area contributed by atoms with Gasteiger partial charge in [0.25, 0.3) is 0 Å². The smallest absolute Gasteiger partial charge is 0.207 e. The molecule has 1 aromatic carbocycles. The quantitative estimate of drug-likeness (QED) is 0.464. The maximum Gasteiger partial charge on any atom is 0.207 e. The lowest BCUT2D eigenvalue weighted by Crippen LogP contribution is -2.46. The van der Waals surface area contributed by atoms with E-state index in [1.54, 1.807) is 0 Å². The fraction of sp³-hybridized carbons (Fsp3) is 0.333. The van der Waals surface area contributed by atoms with Gasteiger partial charge in [0.1, 0.15) is 5.84 Å². The second-order valence-electron chi connectivity index (χ2n) is 3.64. The first kappa shape index (κ1) is 13.5. The van der Waals surface area contributed by atoms with Crippen LogP contribution in [0.15, 0.2) is 35.3 Å². The topological polar surface area (TPSA) is 51.4 Å². The monoisotopic (exact) mass is 250 g/mol. The molecule has 0 unspecified atom stereocenters. The summed E-state index contributed by atoms with van der Waals surface area (Å²) in [7, 11) is 0. The van der Waals surface area contributed by atoms with Crippen molar-refractivity contribution in [2.45, 2.75) is 0 Å². The van der Waals surface area contributed by atoms with Crippen molar-refractivity contribution >= 4 is 18.2 Å². The summed E-state index contributed by atoms with van der Waals surface area (Å²) in [6.07, 6.45) is 1.89. The summed E-state index contributed by atoms with van der Waals surface area (Å²) in [5.41, 5.74) is 1.01. The van der Waals surface area contributed by atoms with Crippen LogP contribution in [0.4, 0.5) is 0 Å². The molecule has 0 radical (unpaired) electrons.